The number of anilines is 2. The molecule has 1 fully saturated rings. The molecule has 0 atom stereocenters. The zero-order chi connectivity index (χ0) is 24.1. The number of carbonyl (C=O) groups is 2. The molecule has 5 nitrogen and oxygen atoms in total. The third kappa shape index (κ3) is 5.75. The zero-order valence-electron chi connectivity index (χ0n) is 18.4. The number of nitrogens with one attached hydrogen (secondary N) is 1. The molecule has 1 heterocycles. The van der Waals surface area contributed by atoms with Crippen LogP contribution >= 0.6 is 0 Å². The van der Waals surface area contributed by atoms with Gasteiger partial charge in [-0.25, -0.2) is 4.79 Å². The van der Waals surface area contributed by atoms with E-state index in [9.17, 15) is 22.8 Å². The number of carbonyl (C=O) groups excluding carboxylic acids is 2. The number of urea groups is 1. The van der Waals surface area contributed by atoms with Crippen molar-refractivity contribution in [3.05, 3.63) is 95.6 Å². The minimum Gasteiger partial charge on any atom is -0.326 e. The van der Waals surface area contributed by atoms with Crippen molar-refractivity contribution in [1.29, 1.82) is 0 Å². The van der Waals surface area contributed by atoms with Crippen LogP contribution in [-0.2, 0) is 23.9 Å². The maximum atomic E-state index is 13.0. The SMILES string of the molecule is O=C(Cc1ccccc1)Nc1ccc(N2CCCN(Cc3cccc(C(F)(F)F)c3)C2=O)cc1. The molecule has 0 unspecified atom stereocenters. The minimum atomic E-state index is -4.42. The summed E-state index contributed by atoms with van der Waals surface area (Å²) in [6, 6.07) is 21.2. The summed E-state index contributed by atoms with van der Waals surface area (Å²) in [5.74, 6) is -0.139. The van der Waals surface area contributed by atoms with E-state index in [4.69, 9.17) is 0 Å². The van der Waals surface area contributed by atoms with E-state index in [2.05, 4.69) is 5.32 Å². The van der Waals surface area contributed by atoms with Crippen LogP contribution in [0.4, 0.5) is 29.3 Å². The molecule has 34 heavy (non-hydrogen) atoms. The molecule has 3 aromatic carbocycles. The Balaban J connectivity index is 1.39. The van der Waals surface area contributed by atoms with Gasteiger partial charge in [0.05, 0.1) is 12.0 Å². The highest BCUT2D eigenvalue weighted by Gasteiger charge is 2.31. The fraction of sp³-hybridized carbons (Fsp3) is 0.231. The predicted molar refractivity (Wildman–Crippen MR) is 124 cm³/mol. The van der Waals surface area contributed by atoms with Crippen LogP contribution < -0.4 is 10.2 Å². The molecule has 0 bridgehead atoms. The molecule has 1 saturated heterocycles. The molecule has 0 saturated carbocycles. The second kappa shape index (κ2) is 9.99. The van der Waals surface area contributed by atoms with Crippen molar-refractivity contribution in [3.63, 3.8) is 0 Å². The van der Waals surface area contributed by atoms with E-state index >= 15 is 0 Å². The van der Waals surface area contributed by atoms with E-state index in [0.29, 0.717) is 36.4 Å². The van der Waals surface area contributed by atoms with Gasteiger partial charge in [-0.15, -0.1) is 0 Å². The molecule has 3 aromatic rings. The Bertz CT molecular complexity index is 1150. The number of amides is 3. The van der Waals surface area contributed by atoms with Gasteiger partial charge in [-0.1, -0.05) is 42.5 Å². The van der Waals surface area contributed by atoms with E-state index < -0.39 is 11.7 Å². The molecule has 4 rings (SSSR count). The van der Waals surface area contributed by atoms with Gasteiger partial charge in [-0.3, -0.25) is 9.69 Å². The average Bonchev–Trinajstić information content (AvgIpc) is 2.81. The van der Waals surface area contributed by atoms with Gasteiger partial charge in [0.2, 0.25) is 5.91 Å². The van der Waals surface area contributed by atoms with Crippen molar-refractivity contribution in [2.75, 3.05) is 23.3 Å². The molecule has 3 amide bonds. The lowest BCUT2D eigenvalue weighted by molar-refractivity contribution is -0.137. The summed E-state index contributed by atoms with van der Waals surface area (Å²) in [7, 11) is 0. The topological polar surface area (TPSA) is 52.7 Å². The smallest absolute Gasteiger partial charge is 0.326 e. The third-order valence-electron chi connectivity index (χ3n) is 5.61. The van der Waals surface area contributed by atoms with Gasteiger partial charge < -0.3 is 10.2 Å². The van der Waals surface area contributed by atoms with Gasteiger partial charge in [0.25, 0.3) is 0 Å². The highest BCUT2D eigenvalue weighted by Crippen LogP contribution is 2.30. The quantitative estimate of drug-likeness (QED) is 0.504. The second-order valence-corrected chi connectivity index (χ2v) is 8.16. The van der Waals surface area contributed by atoms with Crippen molar-refractivity contribution in [1.82, 2.24) is 4.90 Å². The van der Waals surface area contributed by atoms with E-state index in [1.54, 1.807) is 40.1 Å². The maximum Gasteiger partial charge on any atom is 0.416 e. The van der Waals surface area contributed by atoms with Crippen LogP contribution in [0.1, 0.15) is 23.1 Å². The highest BCUT2D eigenvalue weighted by atomic mass is 19.4. The molecule has 1 aliphatic rings. The molecule has 0 spiro atoms. The Labute approximate surface area is 195 Å². The van der Waals surface area contributed by atoms with Crippen LogP contribution in [0.25, 0.3) is 0 Å². The van der Waals surface area contributed by atoms with Gasteiger partial charge in [0, 0.05) is 31.0 Å². The third-order valence-corrected chi connectivity index (χ3v) is 5.61. The Morgan fingerprint density at radius 1 is 0.882 bits per heavy atom. The largest absolute Gasteiger partial charge is 0.416 e. The molecule has 1 N–H and O–H groups in total. The number of halogens is 3. The average molecular weight is 467 g/mol. The number of benzene rings is 3. The Morgan fingerprint density at radius 3 is 2.29 bits per heavy atom. The first-order valence-corrected chi connectivity index (χ1v) is 11.0. The molecular weight excluding hydrogens is 443 g/mol. The van der Waals surface area contributed by atoms with Crippen LogP contribution in [0, 0.1) is 0 Å². The molecule has 0 aliphatic carbocycles. The number of hydrogen-bond acceptors (Lipinski definition) is 2. The van der Waals surface area contributed by atoms with Crippen molar-refractivity contribution in [2.24, 2.45) is 0 Å². The summed E-state index contributed by atoms with van der Waals surface area (Å²) < 4.78 is 39.0. The molecule has 8 heteroatoms. The van der Waals surface area contributed by atoms with Crippen molar-refractivity contribution < 1.29 is 22.8 Å². The first-order valence-electron chi connectivity index (χ1n) is 11.0. The molecule has 0 aromatic heterocycles. The van der Waals surface area contributed by atoms with E-state index in [-0.39, 0.29) is 24.9 Å². The fourth-order valence-corrected chi connectivity index (χ4v) is 3.95. The van der Waals surface area contributed by atoms with E-state index in [1.807, 2.05) is 30.3 Å². The number of hydrogen-bond donors (Lipinski definition) is 1. The molecule has 0 radical (unpaired) electrons. The van der Waals surface area contributed by atoms with Crippen LogP contribution in [0.15, 0.2) is 78.9 Å². The Morgan fingerprint density at radius 2 is 1.59 bits per heavy atom. The normalized spacial score (nSPS) is 14.3. The lowest BCUT2D eigenvalue weighted by Gasteiger charge is -2.35. The predicted octanol–water partition coefficient (Wildman–Crippen LogP) is 5.72. The maximum absolute atomic E-state index is 13.0. The van der Waals surface area contributed by atoms with Gasteiger partial charge in [0.1, 0.15) is 0 Å². The van der Waals surface area contributed by atoms with Crippen LogP contribution in [-0.4, -0.2) is 29.9 Å². The minimum absolute atomic E-state index is 0.104. The van der Waals surface area contributed by atoms with E-state index in [0.717, 1.165) is 17.7 Å². The van der Waals surface area contributed by atoms with Crippen molar-refractivity contribution >= 4 is 23.3 Å². The molecular formula is C26H24F3N3O2. The van der Waals surface area contributed by atoms with E-state index in [1.165, 1.54) is 6.07 Å². The van der Waals surface area contributed by atoms with Gasteiger partial charge >= 0.3 is 12.2 Å². The molecule has 1 aliphatic heterocycles. The summed E-state index contributed by atoms with van der Waals surface area (Å²) in [4.78, 5) is 28.5. The van der Waals surface area contributed by atoms with Crippen molar-refractivity contribution in [2.45, 2.75) is 25.6 Å². The zero-order valence-corrected chi connectivity index (χ0v) is 18.4. The van der Waals surface area contributed by atoms with Crippen LogP contribution in [0.2, 0.25) is 0 Å². The first-order chi connectivity index (χ1) is 16.3. The molecule has 176 valence electrons. The summed E-state index contributed by atoms with van der Waals surface area (Å²) >= 11 is 0. The number of alkyl halides is 3. The van der Waals surface area contributed by atoms with Gasteiger partial charge in [0.15, 0.2) is 0 Å². The van der Waals surface area contributed by atoms with Crippen LogP contribution in [0.3, 0.4) is 0 Å². The monoisotopic (exact) mass is 467 g/mol. The summed E-state index contributed by atoms with van der Waals surface area (Å²) in [5.41, 5.74) is 1.91. The van der Waals surface area contributed by atoms with Crippen LogP contribution in [0.5, 0.6) is 0 Å². The standard InChI is InChI=1S/C26H24F3N3O2/c27-26(28,29)21-9-4-8-20(16-21)18-31-14-5-15-32(25(31)34)23-12-10-22(11-13-23)30-24(33)17-19-6-2-1-3-7-19/h1-4,6-13,16H,5,14-15,17-18H2,(H,30,33). The number of nitrogens with zero attached hydrogens (tertiary/aromatic N) is 2. The van der Waals surface area contributed by atoms with Crippen molar-refractivity contribution in [3.8, 4) is 0 Å². The van der Waals surface area contributed by atoms with Gasteiger partial charge in [-0.05, 0) is 53.9 Å². The summed E-state index contributed by atoms with van der Waals surface area (Å²) in [6.07, 6.45) is -3.47. The first kappa shape index (κ1) is 23.4. The lowest BCUT2D eigenvalue weighted by atomic mass is 10.1. The second-order valence-electron chi connectivity index (χ2n) is 8.16. The summed E-state index contributed by atoms with van der Waals surface area (Å²) in [6.45, 7) is 1.09. The Hall–Kier alpha value is -3.81. The fourth-order valence-electron chi connectivity index (χ4n) is 3.95. The summed E-state index contributed by atoms with van der Waals surface area (Å²) in [5, 5.41) is 2.85. The lowest BCUT2D eigenvalue weighted by Crippen LogP contribution is -2.49. The Kier molecular flexibility index (Phi) is 6.86. The number of rotatable bonds is 6. The highest BCUT2D eigenvalue weighted by molar-refractivity contribution is 5.94. The van der Waals surface area contributed by atoms with Gasteiger partial charge in [-0.2, -0.15) is 13.2 Å².